The van der Waals surface area contributed by atoms with Gasteiger partial charge >= 0.3 is 0 Å². The predicted molar refractivity (Wildman–Crippen MR) is 189 cm³/mol. The molecule has 0 aromatic heterocycles. The van der Waals surface area contributed by atoms with Crippen LogP contribution < -0.4 is 0 Å². The van der Waals surface area contributed by atoms with E-state index in [0.29, 0.717) is 52.1 Å². The molecule has 0 saturated carbocycles. The number of rotatable bonds is 25. The van der Waals surface area contributed by atoms with Gasteiger partial charge in [-0.3, -0.25) is 0 Å². The molecular weight excluding hydrogens is 584 g/mol. The summed E-state index contributed by atoms with van der Waals surface area (Å²) in [6.45, 7) is 33.2. The molecule has 0 bridgehead atoms. The van der Waals surface area contributed by atoms with Gasteiger partial charge in [-0.2, -0.15) is 0 Å². The summed E-state index contributed by atoms with van der Waals surface area (Å²) in [5.74, 6) is 0. The van der Waals surface area contributed by atoms with Gasteiger partial charge in [0.25, 0.3) is 0 Å². The monoisotopic (exact) mass is 663 g/mol. The SMILES string of the molecule is CC(C)(O)CCOC(C)(C)CCC(CC(C)(C)OCCC(C)(C)O)(CC(C)(C)OCCC(C)(C)O)CC(C)(C)OCCC(C)(C)O. The molecule has 0 heterocycles. The van der Waals surface area contributed by atoms with Crippen LogP contribution in [0, 0.1) is 5.41 Å². The third kappa shape index (κ3) is 24.8. The average Bonchev–Trinajstić information content (AvgIpc) is 2.72. The van der Waals surface area contributed by atoms with Crippen LogP contribution in [0.15, 0.2) is 0 Å². The van der Waals surface area contributed by atoms with Crippen LogP contribution >= 0.6 is 0 Å². The molecule has 0 unspecified atom stereocenters. The van der Waals surface area contributed by atoms with E-state index in [1.807, 2.05) is 0 Å². The minimum atomic E-state index is -0.815. The first kappa shape index (κ1) is 45.7. The summed E-state index contributed by atoms with van der Waals surface area (Å²) < 4.78 is 25.9. The Kier molecular flexibility index (Phi) is 16.9. The summed E-state index contributed by atoms with van der Waals surface area (Å²) in [6, 6.07) is 0. The summed E-state index contributed by atoms with van der Waals surface area (Å²) in [7, 11) is 0. The highest BCUT2D eigenvalue weighted by Crippen LogP contribution is 2.49. The van der Waals surface area contributed by atoms with Crippen molar-refractivity contribution >= 4 is 0 Å². The fourth-order valence-corrected chi connectivity index (χ4v) is 6.26. The van der Waals surface area contributed by atoms with Crippen LogP contribution in [0.2, 0.25) is 0 Å². The van der Waals surface area contributed by atoms with Crippen molar-refractivity contribution in [1.82, 2.24) is 0 Å². The Hall–Kier alpha value is -0.320. The van der Waals surface area contributed by atoms with E-state index in [2.05, 4.69) is 55.4 Å². The van der Waals surface area contributed by atoms with E-state index in [0.717, 1.165) is 32.1 Å². The average molecular weight is 663 g/mol. The van der Waals surface area contributed by atoms with Crippen molar-refractivity contribution < 1.29 is 39.4 Å². The second kappa shape index (κ2) is 17.1. The molecule has 0 aromatic rings. The van der Waals surface area contributed by atoms with E-state index in [-0.39, 0.29) is 5.41 Å². The van der Waals surface area contributed by atoms with Crippen molar-refractivity contribution in [2.24, 2.45) is 5.41 Å². The van der Waals surface area contributed by atoms with E-state index in [1.54, 1.807) is 55.4 Å². The quantitative estimate of drug-likeness (QED) is 0.0784. The largest absolute Gasteiger partial charge is 0.390 e. The van der Waals surface area contributed by atoms with Crippen LogP contribution in [0.4, 0.5) is 0 Å². The Morgan fingerprint density at radius 3 is 0.739 bits per heavy atom. The standard InChI is InChI=1S/C38H78O8/c1-30(2,39)19-23-43-34(9,10)17-18-38(27-35(11,12)44-24-20-31(3,4)40,28-36(13,14)45-25-21-32(5,6)41)29-37(15,16)46-26-22-33(7,8)42/h39-42H,17-29H2,1-16H3. The molecule has 4 N–H and O–H groups in total. The maximum Gasteiger partial charge on any atom is 0.0631 e. The summed E-state index contributed by atoms with van der Waals surface area (Å²) in [5.41, 5.74) is -5.51. The summed E-state index contributed by atoms with van der Waals surface area (Å²) >= 11 is 0. The molecule has 0 radical (unpaired) electrons. The van der Waals surface area contributed by atoms with Gasteiger partial charge in [-0.1, -0.05) is 0 Å². The van der Waals surface area contributed by atoms with E-state index in [9.17, 15) is 20.4 Å². The lowest BCUT2D eigenvalue weighted by Crippen LogP contribution is -2.46. The van der Waals surface area contributed by atoms with Crippen LogP contribution in [0.1, 0.15) is 169 Å². The molecule has 0 aliphatic carbocycles. The molecule has 0 aliphatic heterocycles. The molecule has 0 saturated heterocycles. The van der Waals surface area contributed by atoms with Gasteiger partial charge in [0.05, 0.1) is 71.2 Å². The van der Waals surface area contributed by atoms with E-state index < -0.39 is 44.8 Å². The number of aliphatic hydroxyl groups is 4. The Balaban J connectivity index is 6.56. The van der Waals surface area contributed by atoms with Gasteiger partial charge in [-0.25, -0.2) is 0 Å². The zero-order chi connectivity index (χ0) is 36.5. The van der Waals surface area contributed by atoms with Gasteiger partial charge in [0, 0.05) is 0 Å². The molecule has 0 atom stereocenters. The van der Waals surface area contributed by atoms with Crippen molar-refractivity contribution in [3.8, 4) is 0 Å². The second-order valence-corrected chi connectivity index (χ2v) is 19.2. The van der Waals surface area contributed by atoms with Gasteiger partial charge in [0.2, 0.25) is 0 Å². The molecule has 0 aliphatic rings. The van der Waals surface area contributed by atoms with Crippen LogP contribution in [0.5, 0.6) is 0 Å². The van der Waals surface area contributed by atoms with Gasteiger partial charge in [-0.05, 0) is 174 Å². The molecule has 8 heteroatoms. The van der Waals surface area contributed by atoms with E-state index >= 15 is 0 Å². The zero-order valence-electron chi connectivity index (χ0n) is 33.1. The second-order valence-electron chi connectivity index (χ2n) is 19.2. The smallest absolute Gasteiger partial charge is 0.0631 e. The van der Waals surface area contributed by atoms with Gasteiger partial charge in [0.1, 0.15) is 0 Å². The van der Waals surface area contributed by atoms with E-state index in [4.69, 9.17) is 18.9 Å². The van der Waals surface area contributed by atoms with Crippen molar-refractivity contribution in [2.45, 2.75) is 213 Å². The van der Waals surface area contributed by atoms with Crippen molar-refractivity contribution in [3.63, 3.8) is 0 Å². The molecule has 0 aromatic carbocycles. The third-order valence-electron chi connectivity index (χ3n) is 8.49. The highest BCUT2D eigenvalue weighted by atomic mass is 16.5. The fraction of sp³-hybridized carbons (Fsp3) is 1.00. The molecule has 0 rings (SSSR count). The highest BCUT2D eigenvalue weighted by Gasteiger charge is 2.46. The molecule has 0 spiro atoms. The van der Waals surface area contributed by atoms with Crippen LogP contribution in [-0.2, 0) is 18.9 Å². The lowest BCUT2D eigenvalue weighted by atomic mass is 9.63. The molecule has 278 valence electrons. The summed E-state index contributed by atoms with van der Waals surface area (Å²) in [5, 5.41) is 41.3. The first-order valence-electron chi connectivity index (χ1n) is 17.6. The zero-order valence-corrected chi connectivity index (χ0v) is 33.1. The first-order chi connectivity index (χ1) is 20.2. The lowest BCUT2D eigenvalue weighted by Gasteiger charge is -2.49. The molecule has 46 heavy (non-hydrogen) atoms. The minimum absolute atomic E-state index is 0.314. The van der Waals surface area contributed by atoms with Crippen molar-refractivity contribution in [1.29, 1.82) is 0 Å². The highest BCUT2D eigenvalue weighted by molar-refractivity contribution is 4.97. The summed E-state index contributed by atoms with van der Waals surface area (Å²) in [4.78, 5) is 0. The van der Waals surface area contributed by atoms with Crippen LogP contribution in [0.25, 0.3) is 0 Å². The van der Waals surface area contributed by atoms with Gasteiger partial charge in [-0.15, -0.1) is 0 Å². The van der Waals surface area contributed by atoms with Crippen molar-refractivity contribution in [3.05, 3.63) is 0 Å². The van der Waals surface area contributed by atoms with Crippen LogP contribution in [-0.4, -0.2) is 91.7 Å². The molecule has 8 nitrogen and oxygen atoms in total. The number of hydrogen-bond acceptors (Lipinski definition) is 8. The predicted octanol–water partition coefficient (Wildman–Crippen LogP) is 7.75. The first-order valence-corrected chi connectivity index (χ1v) is 17.6. The van der Waals surface area contributed by atoms with Crippen LogP contribution in [0.3, 0.4) is 0 Å². The van der Waals surface area contributed by atoms with E-state index in [1.165, 1.54) is 0 Å². The Labute approximate surface area is 284 Å². The number of hydrogen-bond donors (Lipinski definition) is 4. The minimum Gasteiger partial charge on any atom is -0.390 e. The van der Waals surface area contributed by atoms with Crippen molar-refractivity contribution in [2.75, 3.05) is 26.4 Å². The Morgan fingerprint density at radius 2 is 0.522 bits per heavy atom. The normalized spacial score (nSPS) is 15.1. The van der Waals surface area contributed by atoms with Gasteiger partial charge in [0.15, 0.2) is 0 Å². The third-order valence-corrected chi connectivity index (χ3v) is 8.49. The Bertz CT molecular complexity index is 764. The van der Waals surface area contributed by atoms with Gasteiger partial charge < -0.3 is 39.4 Å². The molecule has 0 fully saturated rings. The lowest BCUT2D eigenvalue weighted by molar-refractivity contribution is -0.136. The fourth-order valence-electron chi connectivity index (χ4n) is 6.26. The topological polar surface area (TPSA) is 118 Å². The summed E-state index contributed by atoms with van der Waals surface area (Å²) in [6.07, 6.45) is 5.91. The Morgan fingerprint density at radius 1 is 0.304 bits per heavy atom. The maximum atomic E-state index is 10.3. The maximum absolute atomic E-state index is 10.3. The molecular formula is C38H78O8. The molecule has 0 amide bonds. The number of ether oxygens (including phenoxy) is 4.